The molecule has 0 aromatic carbocycles. The first-order valence-electron chi connectivity index (χ1n) is 6.81. The second-order valence-electron chi connectivity index (χ2n) is 5.23. The molecule has 1 fully saturated rings. The van der Waals surface area contributed by atoms with Crippen molar-refractivity contribution < 1.29 is 4.79 Å². The van der Waals surface area contributed by atoms with Gasteiger partial charge in [-0.3, -0.25) is 4.79 Å². The van der Waals surface area contributed by atoms with Gasteiger partial charge in [-0.15, -0.1) is 0 Å². The standard InChI is InChI=1S/C14H22N4O/c1-9-7-10(14(15)19)8-13(17-9)18-12-5-3-11(16-2)4-6-12/h7-8,11-12,16H,3-6H2,1-2H3,(H2,15,19)(H,17,18). The van der Waals surface area contributed by atoms with E-state index in [2.05, 4.69) is 15.6 Å². The fourth-order valence-corrected chi connectivity index (χ4v) is 2.62. The molecule has 1 aliphatic carbocycles. The molecule has 0 bridgehead atoms. The first-order valence-corrected chi connectivity index (χ1v) is 6.81. The summed E-state index contributed by atoms with van der Waals surface area (Å²) in [5.41, 5.74) is 6.64. The Morgan fingerprint density at radius 3 is 2.47 bits per heavy atom. The minimum Gasteiger partial charge on any atom is -0.367 e. The Bertz CT molecular complexity index is 453. The lowest BCUT2D eigenvalue weighted by molar-refractivity contribution is 0.1000. The van der Waals surface area contributed by atoms with Gasteiger partial charge in [-0.25, -0.2) is 4.98 Å². The number of amides is 1. The highest BCUT2D eigenvalue weighted by atomic mass is 16.1. The van der Waals surface area contributed by atoms with Crippen LogP contribution in [0.15, 0.2) is 12.1 Å². The smallest absolute Gasteiger partial charge is 0.248 e. The minimum atomic E-state index is -0.410. The van der Waals surface area contributed by atoms with Crippen LogP contribution in [0.1, 0.15) is 41.7 Å². The van der Waals surface area contributed by atoms with E-state index in [9.17, 15) is 4.79 Å². The number of nitrogens with two attached hydrogens (primary N) is 1. The number of hydrogen-bond acceptors (Lipinski definition) is 4. The van der Waals surface area contributed by atoms with Gasteiger partial charge >= 0.3 is 0 Å². The zero-order chi connectivity index (χ0) is 13.8. The summed E-state index contributed by atoms with van der Waals surface area (Å²) < 4.78 is 0. The number of aromatic nitrogens is 1. The first kappa shape index (κ1) is 13.8. The van der Waals surface area contributed by atoms with Crippen LogP contribution in [0.4, 0.5) is 5.82 Å². The number of carbonyl (C=O) groups excluding carboxylic acids is 1. The van der Waals surface area contributed by atoms with E-state index in [1.165, 1.54) is 12.8 Å². The molecule has 0 unspecified atom stereocenters. The molecular weight excluding hydrogens is 240 g/mol. The Morgan fingerprint density at radius 2 is 1.89 bits per heavy atom. The normalized spacial score (nSPS) is 23.1. The maximum absolute atomic E-state index is 11.2. The molecule has 0 saturated heterocycles. The summed E-state index contributed by atoms with van der Waals surface area (Å²) in [5.74, 6) is 0.342. The van der Waals surface area contributed by atoms with Crippen molar-refractivity contribution in [3.63, 3.8) is 0 Å². The maximum atomic E-state index is 11.2. The largest absolute Gasteiger partial charge is 0.367 e. The molecule has 0 radical (unpaired) electrons. The molecule has 0 atom stereocenters. The van der Waals surface area contributed by atoms with Crippen molar-refractivity contribution in [1.82, 2.24) is 10.3 Å². The van der Waals surface area contributed by atoms with Crippen molar-refractivity contribution in [3.8, 4) is 0 Å². The highest BCUT2D eigenvalue weighted by Crippen LogP contribution is 2.22. The summed E-state index contributed by atoms with van der Waals surface area (Å²) in [7, 11) is 2.01. The number of pyridine rings is 1. The van der Waals surface area contributed by atoms with Crippen LogP contribution in [0, 0.1) is 6.92 Å². The van der Waals surface area contributed by atoms with Crippen molar-refractivity contribution in [2.24, 2.45) is 5.73 Å². The Morgan fingerprint density at radius 1 is 1.26 bits per heavy atom. The second kappa shape index (κ2) is 6.02. The van der Waals surface area contributed by atoms with Crippen LogP contribution in [0.2, 0.25) is 0 Å². The predicted octanol–water partition coefficient (Wildman–Crippen LogP) is 1.43. The SMILES string of the molecule is CNC1CCC(Nc2cc(C(N)=O)cc(C)n2)CC1. The molecule has 19 heavy (non-hydrogen) atoms. The Balaban J connectivity index is 2.01. The summed E-state index contributed by atoms with van der Waals surface area (Å²) in [6, 6.07) is 4.51. The average Bonchev–Trinajstić information content (AvgIpc) is 2.39. The number of aryl methyl sites for hydroxylation is 1. The van der Waals surface area contributed by atoms with Crippen LogP contribution in [0.25, 0.3) is 0 Å². The molecule has 0 spiro atoms. The van der Waals surface area contributed by atoms with Crippen LogP contribution < -0.4 is 16.4 Å². The molecule has 1 aliphatic rings. The molecule has 1 heterocycles. The molecule has 4 N–H and O–H groups in total. The van der Waals surface area contributed by atoms with Crippen LogP contribution in [0.5, 0.6) is 0 Å². The minimum absolute atomic E-state index is 0.410. The van der Waals surface area contributed by atoms with Gasteiger partial charge in [0.1, 0.15) is 5.82 Å². The molecule has 1 aromatic heterocycles. The average molecular weight is 262 g/mol. The summed E-state index contributed by atoms with van der Waals surface area (Å²) in [5, 5.41) is 6.73. The lowest BCUT2D eigenvalue weighted by Gasteiger charge is -2.29. The number of carbonyl (C=O) groups is 1. The summed E-state index contributed by atoms with van der Waals surface area (Å²) in [4.78, 5) is 15.7. The molecule has 1 aromatic rings. The van der Waals surface area contributed by atoms with Crippen molar-refractivity contribution in [2.75, 3.05) is 12.4 Å². The van der Waals surface area contributed by atoms with E-state index >= 15 is 0 Å². The third kappa shape index (κ3) is 3.67. The number of primary amides is 1. The van der Waals surface area contributed by atoms with Gasteiger partial charge in [-0.1, -0.05) is 0 Å². The van der Waals surface area contributed by atoms with Crippen molar-refractivity contribution in [1.29, 1.82) is 0 Å². The van der Waals surface area contributed by atoms with Crippen molar-refractivity contribution in [2.45, 2.75) is 44.7 Å². The Kier molecular flexibility index (Phi) is 4.37. The van der Waals surface area contributed by atoms with E-state index in [-0.39, 0.29) is 0 Å². The molecule has 104 valence electrons. The molecule has 5 heteroatoms. The van der Waals surface area contributed by atoms with Crippen LogP contribution in [0.3, 0.4) is 0 Å². The van der Waals surface area contributed by atoms with Gasteiger partial charge in [0, 0.05) is 23.3 Å². The molecule has 2 rings (SSSR count). The van der Waals surface area contributed by atoms with Crippen molar-refractivity contribution in [3.05, 3.63) is 23.4 Å². The summed E-state index contributed by atoms with van der Waals surface area (Å²) >= 11 is 0. The zero-order valence-corrected chi connectivity index (χ0v) is 11.6. The van der Waals surface area contributed by atoms with Gasteiger partial charge in [-0.2, -0.15) is 0 Å². The number of nitrogens with one attached hydrogen (secondary N) is 2. The van der Waals surface area contributed by atoms with E-state index in [1.807, 2.05) is 14.0 Å². The van der Waals surface area contributed by atoms with E-state index in [4.69, 9.17) is 5.73 Å². The number of rotatable bonds is 4. The zero-order valence-electron chi connectivity index (χ0n) is 11.6. The second-order valence-corrected chi connectivity index (χ2v) is 5.23. The van der Waals surface area contributed by atoms with E-state index < -0.39 is 5.91 Å². The number of nitrogens with zero attached hydrogens (tertiary/aromatic N) is 1. The molecule has 5 nitrogen and oxygen atoms in total. The van der Waals surface area contributed by atoms with Crippen LogP contribution >= 0.6 is 0 Å². The van der Waals surface area contributed by atoms with E-state index in [1.54, 1.807) is 12.1 Å². The predicted molar refractivity (Wildman–Crippen MR) is 76.2 cm³/mol. The van der Waals surface area contributed by atoms with Gasteiger partial charge in [0.25, 0.3) is 0 Å². The molecular formula is C14H22N4O. The summed E-state index contributed by atoms with van der Waals surface area (Å²) in [6.45, 7) is 1.87. The third-order valence-electron chi connectivity index (χ3n) is 3.73. The fraction of sp³-hybridized carbons (Fsp3) is 0.571. The Hall–Kier alpha value is -1.62. The topological polar surface area (TPSA) is 80.0 Å². The molecule has 1 amide bonds. The lowest BCUT2D eigenvalue weighted by atomic mass is 9.91. The van der Waals surface area contributed by atoms with Crippen LogP contribution in [-0.4, -0.2) is 30.0 Å². The number of hydrogen-bond donors (Lipinski definition) is 3. The lowest BCUT2D eigenvalue weighted by Crippen LogP contribution is -2.35. The van der Waals surface area contributed by atoms with Gasteiger partial charge in [0.15, 0.2) is 0 Å². The van der Waals surface area contributed by atoms with Gasteiger partial charge < -0.3 is 16.4 Å². The molecule has 0 aliphatic heterocycles. The highest BCUT2D eigenvalue weighted by molar-refractivity contribution is 5.93. The maximum Gasteiger partial charge on any atom is 0.248 e. The fourth-order valence-electron chi connectivity index (χ4n) is 2.62. The van der Waals surface area contributed by atoms with Gasteiger partial charge in [-0.05, 0) is 51.8 Å². The van der Waals surface area contributed by atoms with Gasteiger partial charge in [0.05, 0.1) is 0 Å². The van der Waals surface area contributed by atoms with Crippen LogP contribution in [-0.2, 0) is 0 Å². The monoisotopic (exact) mass is 262 g/mol. The van der Waals surface area contributed by atoms with Gasteiger partial charge in [0.2, 0.25) is 5.91 Å². The third-order valence-corrected chi connectivity index (χ3v) is 3.73. The number of anilines is 1. The summed E-state index contributed by atoms with van der Waals surface area (Å²) in [6.07, 6.45) is 4.57. The van der Waals surface area contributed by atoms with E-state index in [0.717, 1.165) is 24.4 Å². The first-order chi connectivity index (χ1) is 9.08. The quantitative estimate of drug-likeness (QED) is 0.767. The Labute approximate surface area is 114 Å². The van der Waals surface area contributed by atoms with Crippen molar-refractivity contribution >= 4 is 11.7 Å². The highest BCUT2D eigenvalue weighted by Gasteiger charge is 2.20. The van der Waals surface area contributed by atoms with E-state index in [0.29, 0.717) is 17.6 Å². The molecule has 1 saturated carbocycles.